The van der Waals surface area contributed by atoms with Crippen LogP contribution in [-0.4, -0.2) is 44.8 Å². The largest absolute Gasteiger partial charge is 0.496 e. The Hall–Kier alpha value is -1.70. The number of methoxy groups -OCH3 is 3. The highest BCUT2D eigenvalue weighted by molar-refractivity contribution is 7.80. The lowest BCUT2D eigenvalue weighted by atomic mass is 10.1. The number of hydrogen-bond donors (Lipinski definition) is 2. The summed E-state index contributed by atoms with van der Waals surface area (Å²) in [5.41, 5.74) is 5.59. The summed E-state index contributed by atoms with van der Waals surface area (Å²) in [6.07, 6.45) is 0. The molecule has 0 radical (unpaired) electrons. The molecule has 0 aromatic heterocycles. The van der Waals surface area contributed by atoms with Gasteiger partial charge >= 0.3 is 0 Å². The zero-order chi connectivity index (χ0) is 17.2. The van der Waals surface area contributed by atoms with Gasteiger partial charge in [-0.1, -0.05) is 0 Å². The Labute approximate surface area is 143 Å². The molecule has 1 aromatic rings. The van der Waals surface area contributed by atoms with Crippen molar-refractivity contribution in [2.75, 3.05) is 27.9 Å². The third-order valence-corrected chi connectivity index (χ3v) is 3.33. The average Bonchev–Trinajstić information content (AvgIpc) is 2.53. The number of nitrogens with one attached hydrogen (secondary N) is 2. The zero-order valence-corrected chi connectivity index (χ0v) is 15.1. The first-order valence-electron chi connectivity index (χ1n) is 7.27. The van der Waals surface area contributed by atoms with Crippen LogP contribution in [0.5, 0.6) is 5.75 Å². The molecule has 2 N–H and O–H groups in total. The molecule has 0 amide bonds. The van der Waals surface area contributed by atoms with Gasteiger partial charge in [-0.15, -0.1) is 0 Å². The summed E-state index contributed by atoms with van der Waals surface area (Å²) in [4.78, 5) is 0. The van der Waals surface area contributed by atoms with Crippen molar-refractivity contribution >= 4 is 23.0 Å². The molecule has 1 atom stereocenters. The summed E-state index contributed by atoms with van der Waals surface area (Å²) in [6.45, 7) is 4.94. The van der Waals surface area contributed by atoms with Crippen LogP contribution >= 0.6 is 12.2 Å². The zero-order valence-electron chi connectivity index (χ0n) is 14.3. The SMILES string of the molecule is COCc1cc(/C(C)=N\NC(=S)N[C@H](C)COC)ccc1OC. The predicted molar refractivity (Wildman–Crippen MR) is 96.1 cm³/mol. The second-order valence-electron chi connectivity index (χ2n) is 5.10. The van der Waals surface area contributed by atoms with Crippen LogP contribution in [0.1, 0.15) is 25.0 Å². The highest BCUT2D eigenvalue weighted by atomic mass is 32.1. The van der Waals surface area contributed by atoms with Crippen LogP contribution in [-0.2, 0) is 16.1 Å². The molecule has 6 nitrogen and oxygen atoms in total. The fourth-order valence-corrected chi connectivity index (χ4v) is 2.27. The molecule has 0 aliphatic rings. The number of nitrogens with zero attached hydrogens (tertiary/aromatic N) is 1. The minimum atomic E-state index is 0.116. The molecule has 0 bridgehead atoms. The number of rotatable bonds is 8. The van der Waals surface area contributed by atoms with Gasteiger partial charge in [-0.2, -0.15) is 5.10 Å². The molecule has 0 fully saturated rings. The van der Waals surface area contributed by atoms with E-state index in [9.17, 15) is 0 Å². The Morgan fingerprint density at radius 1 is 1.26 bits per heavy atom. The molecule has 0 unspecified atom stereocenters. The normalized spacial score (nSPS) is 12.7. The summed E-state index contributed by atoms with van der Waals surface area (Å²) in [5.74, 6) is 0.793. The standard InChI is InChI=1S/C16H25N3O3S/c1-11(9-20-3)17-16(23)19-18-12(2)13-6-7-15(22-5)14(8-13)10-21-4/h6-8,11H,9-10H2,1-5H3,(H2,17,19,23)/b18-12-/t11-/m1/s1. The second-order valence-corrected chi connectivity index (χ2v) is 5.51. The lowest BCUT2D eigenvalue weighted by molar-refractivity contribution is 0.179. The van der Waals surface area contributed by atoms with Gasteiger partial charge in [-0.3, -0.25) is 5.43 Å². The van der Waals surface area contributed by atoms with E-state index in [4.69, 9.17) is 26.4 Å². The Kier molecular flexibility index (Phi) is 8.53. The minimum Gasteiger partial charge on any atom is -0.496 e. The maximum absolute atomic E-state index is 5.32. The lowest BCUT2D eigenvalue weighted by Gasteiger charge is -2.14. The van der Waals surface area contributed by atoms with E-state index in [1.54, 1.807) is 21.3 Å². The number of ether oxygens (including phenoxy) is 3. The Morgan fingerprint density at radius 3 is 2.61 bits per heavy atom. The van der Waals surface area contributed by atoms with Crippen molar-refractivity contribution in [3.63, 3.8) is 0 Å². The van der Waals surface area contributed by atoms with Crippen molar-refractivity contribution in [3.8, 4) is 5.75 Å². The van der Waals surface area contributed by atoms with E-state index in [1.807, 2.05) is 32.0 Å². The monoisotopic (exact) mass is 339 g/mol. The molecule has 0 saturated heterocycles. The van der Waals surface area contributed by atoms with Gasteiger partial charge in [-0.25, -0.2) is 0 Å². The van der Waals surface area contributed by atoms with Crippen LogP contribution in [0.2, 0.25) is 0 Å². The van der Waals surface area contributed by atoms with E-state index >= 15 is 0 Å². The van der Waals surface area contributed by atoms with Crippen LogP contribution in [0.25, 0.3) is 0 Å². The van der Waals surface area contributed by atoms with Crippen LogP contribution < -0.4 is 15.5 Å². The van der Waals surface area contributed by atoms with Crippen molar-refractivity contribution in [3.05, 3.63) is 29.3 Å². The first-order valence-corrected chi connectivity index (χ1v) is 7.68. The molecule has 128 valence electrons. The van der Waals surface area contributed by atoms with Gasteiger partial charge in [0.05, 0.1) is 26.0 Å². The smallest absolute Gasteiger partial charge is 0.187 e. The summed E-state index contributed by atoms with van der Waals surface area (Å²) < 4.78 is 15.6. The van der Waals surface area contributed by atoms with Crippen molar-refractivity contribution in [2.24, 2.45) is 5.10 Å². The van der Waals surface area contributed by atoms with Gasteiger partial charge in [0.2, 0.25) is 0 Å². The van der Waals surface area contributed by atoms with Gasteiger partial charge in [0.15, 0.2) is 5.11 Å². The number of hydrogen-bond acceptors (Lipinski definition) is 5. The van der Waals surface area contributed by atoms with Gasteiger partial charge in [0.1, 0.15) is 5.75 Å². The van der Waals surface area contributed by atoms with Crippen LogP contribution in [0.15, 0.2) is 23.3 Å². The van der Waals surface area contributed by atoms with Crippen LogP contribution in [0.4, 0.5) is 0 Å². The molecule has 7 heteroatoms. The quantitative estimate of drug-likeness (QED) is 0.429. The van der Waals surface area contributed by atoms with Crippen LogP contribution in [0.3, 0.4) is 0 Å². The van der Waals surface area contributed by atoms with Crippen molar-refractivity contribution < 1.29 is 14.2 Å². The third-order valence-electron chi connectivity index (χ3n) is 3.12. The summed E-state index contributed by atoms with van der Waals surface area (Å²) in [6, 6.07) is 5.96. The Morgan fingerprint density at radius 2 is 2.00 bits per heavy atom. The predicted octanol–water partition coefficient (Wildman–Crippen LogP) is 2.06. The Bertz CT molecular complexity index is 549. The molecule has 23 heavy (non-hydrogen) atoms. The molecule has 0 saturated carbocycles. The summed E-state index contributed by atoms with van der Waals surface area (Å²) in [5, 5.41) is 7.85. The second kappa shape index (κ2) is 10.1. The van der Waals surface area contributed by atoms with E-state index in [0.717, 1.165) is 22.6 Å². The topological polar surface area (TPSA) is 64.1 Å². The van der Waals surface area contributed by atoms with Crippen molar-refractivity contribution in [1.82, 2.24) is 10.7 Å². The number of benzene rings is 1. The van der Waals surface area contributed by atoms with Crippen LogP contribution in [0, 0.1) is 0 Å². The highest BCUT2D eigenvalue weighted by Gasteiger charge is 2.07. The maximum atomic E-state index is 5.32. The highest BCUT2D eigenvalue weighted by Crippen LogP contribution is 2.21. The average molecular weight is 339 g/mol. The van der Waals surface area contributed by atoms with E-state index in [-0.39, 0.29) is 6.04 Å². The molecule has 1 rings (SSSR count). The first-order chi connectivity index (χ1) is 11.0. The van der Waals surface area contributed by atoms with Crippen molar-refractivity contribution in [1.29, 1.82) is 0 Å². The van der Waals surface area contributed by atoms with Gasteiger partial charge in [0, 0.05) is 25.8 Å². The third kappa shape index (κ3) is 6.52. The molecule has 0 heterocycles. The van der Waals surface area contributed by atoms with Gasteiger partial charge < -0.3 is 19.5 Å². The van der Waals surface area contributed by atoms with Gasteiger partial charge in [0.25, 0.3) is 0 Å². The van der Waals surface area contributed by atoms with Gasteiger partial charge in [-0.05, 0) is 49.8 Å². The molecular weight excluding hydrogens is 314 g/mol. The van der Waals surface area contributed by atoms with E-state index in [0.29, 0.717) is 18.3 Å². The minimum absolute atomic E-state index is 0.116. The number of hydrazone groups is 1. The first kappa shape index (κ1) is 19.3. The Balaban J connectivity index is 2.74. The van der Waals surface area contributed by atoms with E-state index < -0.39 is 0 Å². The lowest BCUT2D eigenvalue weighted by Crippen LogP contribution is -2.40. The fourth-order valence-electron chi connectivity index (χ4n) is 2.02. The summed E-state index contributed by atoms with van der Waals surface area (Å²) in [7, 11) is 4.94. The van der Waals surface area contributed by atoms with Crippen molar-refractivity contribution in [2.45, 2.75) is 26.5 Å². The molecule has 0 aliphatic heterocycles. The summed E-state index contributed by atoms with van der Waals surface area (Å²) >= 11 is 5.19. The molecule has 1 aromatic carbocycles. The molecular formula is C16H25N3O3S. The van der Waals surface area contributed by atoms with E-state index in [2.05, 4.69) is 15.8 Å². The number of thiocarbonyl (C=S) groups is 1. The fraction of sp³-hybridized carbons (Fsp3) is 0.500. The molecule has 0 aliphatic carbocycles. The maximum Gasteiger partial charge on any atom is 0.187 e. The molecule has 0 spiro atoms. The van der Waals surface area contributed by atoms with E-state index in [1.165, 1.54) is 0 Å².